The summed E-state index contributed by atoms with van der Waals surface area (Å²) in [5.41, 5.74) is 5.09. The number of ether oxygens (including phenoxy) is 2. The van der Waals surface area contributed by atoms with Gasteiger partial charge in [0.2, 0.25) is 0 Å². The maximum atomic E-state index is 12.9. The van der Waals surface area contributed by atoms with E-state index >= 15 is 0 Å². The molecular weight excluding hydrogens is 528 g/mol. The molecule has 5 rings (SSSR count). The highest BCUT2D eigenvalue weighted by molar-refractivity contribution is 5.97. The Hall–Kier alpha value is -4.77. The number of alkyl carbamates (subject to hydrolysis) is 1. The number of aromatic nitrogens is 1. The van der Waals surface area contributed by atoms with Crippen LogP contribution in [0.25, 0.3) is 22.0 Å². The van der Waals surface area contributed by atoms with Crippen LogP contribution in [0.3, 0.4) is 0 Å². The third-order valence-electron chi connectivity index (χ3n) is 7.39. The zero-order chi connectivity index (χ0) is 29.9. The Morgan fingerprint density at radius 1 is 1.05 bits per heavy atom. The van der Waals surface area contributed by atoms with Crippen molar-refractivity contribution in [2.24, 2.45) is 0 Å². The molecule has 216 valence electrons. The number of nitrogens with zero attached hydrogens (tertiary/aromatic N) is 1. The molecule has 4 aromatic rings. The summed E-state index contributed by atoms with van der Waals surface area (Å²) in [5.74, 6) is 0.129. The summed E-state index contributed by atoms with van der Waals surface area (Å²) < 4.78 is 10.6. The van der Waals surface area contributed by atoms with E-state index in [9.17, 15) is 14.9 Å². The number of benzene rings is 3. The molecule has 1 heterocycles. The maximum absolute atomic E-state index is 12.9. The Balaban J connectivity index is 1.44. The van der Waals surface area contributed by atoms with Gasteiger partial charge in [0.15, 0.2) is 0 Å². The number of H-pyrrole nitrogens is 1. The van der Waals surface area contributed by atoms with Gasteiger partial charge in [0.05, 0.1) is 24.8 Å². The van der Waals surface area contributed by atoms with E-state index in [2.05, 4.69) is 46.0 Å². The van der Waals surface area contributed by atoms with Gasteiger partial charge in [-0.05, 0) is 86.4 Å². The minimum Gasteiger partial charge on any atom is -0.465 e. The lowest BCUT2D eigenvalue weighted by Gasteiger charge is -2.27. The zero-order valence-electron chi connectivity index (χ0n) is 24.4. The summed E-state index contributed by atoms with van der Waals surface area (Å²) in [6, 6.07) is 22.4. The first-order valence-corrected chi connectivity index (χ1v) is 14.2. The predicted octanol–water partition coefficient (Wildman–Crippen LogP) is 6.94. The molecule has 1 aliphatic rings. The van der Waals surface area contributed by atoms with Crippen molar-refractivity contribution in [2.45, 2.75) is 63.6 Å². The number of carbonyl (C=O) groups excluding carboxylic acids is 2. The van der Waals surface area contributed by atoms with E-state index in [4.69, 9.17) is 9.47 Å². The summed E-state index contributed by atoms with van der Waals surface area (Å²) in [6.07, 6.45) is 4.05. The highest BCUT2D eigenvalue weighted by atomic mass is 16.6. The SMILES string of the molecule is COC(=O)c1cc(-c2ccc(C3CC3)cc2)ccc1NC(C#N)C(Cc1c[nH]c2ccccc12)NC(=O)OC(C)(C)C. The molecule has 42 heavy (non-hydrogen) atoms. The predicted molar refractivity (Wildman–Crippen MR) is 163 cm³/mol. The number of rotatable bonds is 9. The van der Waals surface area contributed by atoms with Crippen molar-refractivity contribution < 1.29 is 19.1 Å². The largest absolute Gasteiger partial charge is 0.465 e. The van der Waals surface area contributed by atoms with E-state index in [1.165, 1.54) is 25.5 Å². The number of methoxy groups -OCH3 is 1. The number of carbonyl (C=O) groups is 2. The molecule has 2 atom stereocenters. The van der Waals surface area contributed by atoms with Crippen molar-refractivity contribution in [2.75, 3.05) is 12.4 Å². The number of aromatic amines is 1. The van der Waals surface area contributed by atoms with Gasteiger partial charge in [-0.15, -0.1) is 0 Å². The van der Waals surface area contributed by atoms with Gasteiger partial charge in [0.25, 0.3) is 0 Å². The fourth-order valence-corrected chi connectivity index (χ4v) is 5.13. The minimum absolute atomic E-state index is 0.296. The van der Waals surface area contributed by atoms with Gasteiger partial charge in [-0.3, -0.25) is 0 Å². The van der Waals surface area contributed by atoms with Crippen molar-refractivity contribution >= 4 is 28.7 Å². The lowest BCUT2D eigenvalue weighted by Crippen LogP contribution is -2.49. The standard InChI is InChI=1S/C34H36N4O4/c1-34(2,3)42-33(40)38-30(18-25-20-36-28-8-6-5-7-26(25)28)31(19-35)37-29-16-15-24(17-27(29)32(39)41-4)23-13-11-22(12-14-23)21-9-10-21/h5-8,11-17,20-21,30-31,36-37H,9-10,18H2,1-4H3,(H,38,40). The second-order valence-corrected chi connectivity index (χ2v) is 11.7. The van der Waals surface area contributed by atoms with Crippen LogP contribution in [0.1, 0.15) is 61.0 Å². The number of hydrogen-bond donors (Lipinski definition) is 3. The van der Waals surface area contributed by atoms with Crippen LogP contribution in [0.4, 0.5) is 10.5 Å². The molecule has 0 bridgehead atoms. The normalized spacial score (nSPS) is 14.5. The van der Waals surface area contributed by atoms with Gasteiger partial charge in [0, 0.05) is 22.8 Å². The molecule has 3 aromatic carbocycles. The molecule has 3 N–H and O–H groups in total. The Morgan fingerprint density at radius 2 is 1.76 bits per heavy atom. The van der Waals surface area contributed by atoms with E-state index in [0.717, 1.165) is 27.6 Å². The van der Waals surface area contributed by atoms with Gasteiger partial charge in [-0.2, -0.15) is 5.26 Å². The van der Waals surface area contributed by atoms with Crippen molar-refractivity contribution in [3.05, 3.63) is 89.6 Å². The van der Waals surface area contributed by atoms with Crippen LogP contribution in [0.15, 0.2) is 72.9 Å². The summed E-state index contributed by atoms with van der Waals surface area (Å²) in [7, 11) is 1.33. The first-order valence-electron chi connectivity index (χ1n) is 14.2. The van der Waals surface area contributed by atoms with E-state index in [0.29, 0.717) is 23.6 Å². The first-order chi connectivity index (χ1) is 20.1. The Morgan fingerprint density at radius 3 is 2.43 bits per heavy atom. The topological polar surface area (TPSA) is 116 Å². The molecule has 0 aliphatic heterocycles. The van der Waals surface area contributed by atoms with Gasteiger partial charge in [0.1, 0.15) is 11.6 Å². The lowest BCUT2D eigenvalue weighted by molar-refractivity contribution is 0.0501. The van der Waals surface area contributed by atoms with Crippen LogP contribution in [-0.2, 0) is 15.9 Å². The first kappa shape index (κ1) is 28.7. The van der Waals surface area contributed by atoms with Crippen LogP contribution in [-0.4, -0.2) is 41.8 Å². The number of para-hydroxylation sites is 1. The second kappa shape index (κ2) is 12.0. The van der Waals surface area contributed by atoms with Crippen molar-refractivity contribution in [1.29, 1.82) is 5.26 Å². The summed E-state index contributed by atoms with van der Waals surface area (Å²) in [5, 5.41) is 17.4. The minimum atomic E-state index is -0.904. The monoisotopic (exact) mass is 564 g/mol. The molecule has 0 spiro atoms. The second-order valence-electron chi connectivity index (χ2n) is 11.7. The highest BCUT2D eigenvalue weighted by Gasteiger charge is 2.29. The summed E-state index contributed by atoms with van der Waals surface area (Å²) in [6.45, 7) is 5.35. The Labute approximate surface area is 246 Å². The van der Waals surface area contributed by atoms with Gasteiger partial charge < -0.3 is 25.1 Å². The number of nitriles is 1. The van der Waals surface area contributed by atoms with Crippen LogP contribution in [0.2, 0.25) is 0 Å². The molecule has 2 unspecified atom stereocenters. The molecular formula is C34H36N4O4. The molecule has 1 aromatic heterocycles. The fraction of sp³-hybridized carbons (Fsp3) is 0.324. The quantitative estimate of drug-likeness (QED) is 0.190. The Bertz CT molecular complexity index is 1620. The molecule has 8 nitrogen and oxygen atoms in total. The molecule has 0 saturated heterocycles. The fourth-order valence-electron chi connectivity index (χ4n) is 5.13. The molecule has 8 heteroatoms. The van der Waals surface area contributed by atoms with E-state index < -0.39 is 29.7 Å². The van der Waals surface area contributed by atoms with E-state index in [1.54, 1.807) is 32.9 Å². The van der Waals surface area contributed by atoms with Gasteiger partial charge in [-0.25, -0.2) is 9.59 Å². The molecule has 1 aliphatic carbocycles. The van der Waals surface area contributed by atoms with E-state index in [1.807, 2.05) is 36.5 Å². The summed E-state index contributed by atoms with van der Waals surface area (Å²) in [4.78, 5) is 29.0. The van der Waals surface area contributed by atoms with Crippen LogP contribution >= 0.6 is 0 Å². The number of anilines is 1. The number of hydrogen-bond acceptors (Lipinski definition) is 6. The van der Waals surface area contributed by atoms with Crippen LogP contribution < -0.4 is 10.6 Å². The highest BCUT2D eigenvalue weighted by Crippen LogP contribution is 2.40. The number of nitrogens with one attached hydrogen (secondary N) is 3. The van der Waals surface area contributed by atoms with Gasteiger partial charge in [-0.1, -0.05) is 48.5 Å². The zero-order valence-corrected chi connectivity index (χ0v) is 24.4. The average molecular weight is 565 g/mol. The van der Waals surface area contributed by atoms with Crippen LogP contribution in [0.5, 0.6) is 0 Å². The summed E-state index contributed by atoms with van der Waals surface area (Å²) >= 11 is 0. The Kier molecular flexibility index (Phi) is 8.21. The maximum Gasteiger partial charge on any atom is 0.407 e. The lowest BCUT2D eigenvalue weighted by atomic mass is 9.97. The molecule has 0 radical (unpaired) electrons. The van der Waals surface area contributed by atoms with Crippen molar-refractivity contribution in [3.8, 4) is 17.2 Å². The van der Waals surface area contributed by atoms with E-state index in [-0.39, 0.29) is 0 Å². The van der Waals surface area contributed by atoms with Gasteiger partial charge >= 0.3 is 12.1 Å². The number of amides is 1. The number of esters is 1. The van der Waals surface area contributed by atoms with Crippen molar-refractivity contribution in [1.82, 2.24) is 10.3 Å². The third-order valence-corrected chi connectivity index (χ3v) is 7.39. The smallest absolute Gasteiger partial charge is 0.407 e. The van der Waals surface area contributed by atoms with Crippen LogP contribution in [0, 0.1) is 11.3 Å². The molecule has 1 amide bonds. The molecule has 1 fully saturated rings. The third kappa shape index (κ3) is 6.74. The number of fused-ring (bicyclic) bond motifs is 1. The molecule has 1 saturated carbocycles. The average Bonchev–Trinajstić information content (AvgIpc) is 3.75. The van der Waals surface area contributed by atoms with Crippen molar-refractivity contribution in [3.63, 3.8) is 0 Å².